The fraction of sp³-hybridized carbons (Fsp3) is 0.375. The van der Waals surface area contributed by atoms with Gasteiger partial charge in [-0.1, -0.05) is 42.4 Å². The molecule has 0 saturated carbocycles. The van der Waals surface area contributed by atoms with E-state index in [1.54, 1.807) is 18.7 Å². The Morgan fingerprint density at radius 1 is 1.33 bits per heavy atom. The molecule has 0 unspecified atom stereocenters. The summed E-state index contributed by atoms with van der Waals surface area (Å²) in [5.41, 5.74) is 2.62. The number of hydrogen-bond donors (Lipinski definition) is 1. The average molecular weight is 304 g/mol. The van der Waals surface area contributed by atoms with E-state index in [1.807, 2.05) is 25.1 Å². The van der Waals surface area contributed by atoms with Crippen LogP contribution in [0.3, 0.4) is 0 Å². The first kappa shape index (κ1) is 15.6. The van der Waals surface area contributed by atoms with E-state index in [-0.39, 0.29) is 5.91 Å². The Morgan fingerprint density at radius 2 is 2.10 bits per heavy atom. The van der Waals surface area contributed by atoms with Gasteiger partial charge in [0.15, 0.2) is 0 Å². The van der Waals surface area contributed by atoms with Crippen molar-refractivity contribution < 1.29 is 9.32 Å². The first-order valence-corrected chi connectivity index (χ1v) is 8.22. The zero-order chi connectivity index (χ0) is 15.1. The minimum atomic E-state index is -0.0917. The lowest BCUT2D eigenvalue weighted by molar-refractivity contribution is 0.0954. The Hall–Kier alpha value is -1.75. The lowest BCUT2D eigenvalue weighted by Gasteiger charge is -2.05. The van der Waals surface area contributed by atoms with Crippen LogP contribution in [-0.2, 0) is 12.2 Å². The van der Waals surface area contributed by atoms with Crippen LogP contribution in [0.15, 0.2) is 34.9 Å². The van der Waals surface area contributed by atoms with Gasteiger partial charge in [-0.25, -0.2) is 0 Å². The maximum Gasteiger partial charge on any atom is 0.256 e. The molecule has 2 rings (SSSR count). The van der Waals surface area contributed by atoms with Gasteiger partial charge in [-0.15, -0.1) is 0 Å². The molecule has 0 spiro atoms. The number of hydrogen-bond acceptors (Lipinski definition) is 4. The van der Waals surface area contributed by atoms with Gasteiger partial charge in [0.05, 0.1) is 5.69 Å². The van der Waals surface area contributed by atoms with Crippen molar-refractivity contribution in [3.63, 3.8) is 0 Å². The van der Waals surface area contributed by atoms with Crippen molar-refractivity contribution in [1.82, 2.24) is 10.5 Å². The maximum atomic E-state index is 12.1. The fourth-order valence-electron chi connectivity index (χ4n) is 2.04. The SMILES string of the molecule is CCc1noc(C)c1C(=O)NCCSCc1ccccc1. The van der Waals surface area contributed by atoms with Crippen LogP contribution in [0, 0.1) is 6.92 Å². The van der Waals surface area contributed by atoms with Gasteiger partial charge in [0, 0.05) is 18.1 Å². The molecule has 0 aliphatic heterocycles. The number of aryl methyl sites for hydroxylation is 2. The molecule has 21 heavy (non-hydrogen) atoms. The maximum absolute atomic E-state index is 12.1. The molecule has 2 aromatic rings. The van der Waals surface area contributed by atoms with Crippen LogP contribution >= 0.6 is 11.8 Å². The number of thioether (sulfide) groups is 1. The van der Waals surface area contributed by atoms with Crippen LogP contribution in [0.1, 0.15) is 34.3 Å². The van der Waals surface area contributed by atoms with Crippen LogP contribution in [-0.4, -0.2) is 23.4 Å². The summed E-state index contributed by atoms with van der Waals surface area (Å²) in [6.45, 7) is 4.37. The molecule has 1 amide bonds. The van der Waals surface area contributed by atoms with Crippen molar-refractivity contribution in [3.05, 3.63) is 52.9 Å². The van der Waals surface area contributed by atoms with Gasteiger partial charge in [-0.05, 0) is 18.9 Å². The largest absolute Gasteiger partial charge is 0.361 e. The normalized spacial score (nSPS) is 10.6. The number of amides is 1. The summed E-state index contributed by atoms with van der Waals surface area (Å²) in [4.78, 5) is 12.1. The Bertz CT molecular complexity index is 581. The van der Waals surface area contributed by atoms with Gasteiger partial charge in [-0.2, -0.15) is 11.8 Å². The van der Waals surface area contributed by atoms with E-state index in [0.29, 0.717) is 24.3 Å². The third-order valence-corrected chi connectivity index (χ3v) is 4.17. The molecular formula is C16H20N2O2S. The molecule has 0 saturated heterocycles. The fourth-order valence-corrected chi connectivity index (χ4v) is 2.86. The van der Waals surface area contributed by atoms with Crippen molar-refractivity contribution in [3.8, 4) is 0 Å². The van der Waals surface area contributed by atoms with E-state index in [1.165, 1.54) is 5.56 Å². The highest BCUT2D eigenvalue weighted by molar-refractivity contribution is 7.98. The summed E-state index contributed by atoms with van der Waals surface area (Å²) in [5.74, 6) is 2.34. The highest BCUT2D eigenvalue weighted by Crippen LogP contribution is 2.14. The summed E-state index contributed by atoms with van der Waals surface area (Å²) < 4.78 is 5.08. The van der Waals surface area contributed by atoms with Crippen molar-refractivity contribution in [2.45, 2.75) is 26.0 Å². The smallest absolute Gasteiger partial charge is 0.256 e. The number of aromatic nitrogens is 1. The topological polar surface area (TPSA) is 55.1 Å². The lowest BCUT2D eigenvalue weighted by atomic mass is 10.1. The highest BCUT2D eigenvalue weighted by Gasteiger charge is 2.18. The van der Waals surface area contributed by atoms with Gasteiger partial charge in [-0.3, -0.25) is 4.79 Å². The molecule has 112 valence electrons. The predicted octanol–water partition coefficient (Wildman–Crippen LogP) is 3.21. The molecule has 0 fully saturated rings. The van der Waals surface area contributed by atoms with Crippen molar-refractivity contribution in [2.75, 3.05) is 12.3 Å². The second-order valence-corrected chi connectivity index (χ2v) is 5.81. The summed E-state index contributed by atoms with van der Waals surface area (Å²) in [7, 11) is 0. The Kier molecular flexibility index (Phi) is 5.87. The zero-order valence-electron chi connectivity index (χ0n) is 12.4. The van der Waals surface area contributed by atoms with Crippen molar-refractivity contribution >= 4 is 17.7 Å². The quantitative estimate of drug-likeness (QED) is 0.798. The summed E-state index contributed by atoms with van der Waals surface area (Å²) in [5, 5.41) is 6.83. The first-order chi connectivity index (χ1) is 10.2. The standard InChI is InChI=1S/C16H20N2O2S/c1-3-14-15(12(2)20-18-14)16(19)17-9-10-21-11-13-7-5-4-6-8-13/h4-8H,3,9-11H2,1-2H3,(H,17,19). The average Bonchev–Trinajstić information content (AvgIpc) is 2.88. The van der Waals surface area contributed by atoms with Gasteiger partial charge < -0.3 is 9.84 Å². The predicted molar refractivity (Wildman–Crippen MR) is 85.6 cm³/mol. The molecule has 1 heterocycles. The third kappa shape index (κ3) is 4.36. The van der Waals surface area contributed by atoms with E-state index in [9.17, 15) is 4.79 Å². The second-order valence-electron chi connectivity index (χ2n) is 4.71. The molecule has 0 radical (unpaired) electrons. The van der Waals surface area contributed by atoms with E-state index in [2.05, 4.69) is 22.6 Å². The summed E-state index contributed by atoms with van der Waals surface area (Å²) >= 11 is 1.81. The van der Waals surface area contributed by atoms with Crippen molar-refractivity contribution in [2.24, 2.45) is 0 Å². The molecule has 1 aromatic heterocycles. The van der Waals surface area contributed by atoms with Crippen LogP contribution in [0.2, 0.25) is 0 Å². The van der Waals surface area contributed by atoms with Crippen LogP contribution in [0.4, 0.5) is 0 Å². The van der Waals surface area contributed by atoms with Gasteiger partial charge >= 0.3 is 0 Å². The molecule has 0 atom stereocenters. The molecule has 0 aliphatic rings. The second kappa shape index (κ2) is 7.88. The lowest BCUT2D eigenvalue weighted by Crippen LogP contribution is -2.26. The van der Waals surface area contributed by atoms with Gasteiger partial charge in [0.1, 0.15) is 11.3 Å². The number of nitrogens with zero attached hydrogens (tertiary/aromatic N) is 1. The van der Waals surface area contributed by atoms with Crippen LogP contribution in [0.25, 0.3) is 0 Å². The Labute approximate surface area is 129 Å². The molecule has 1 aromatic carbocycles. The minimum absolute atomic E-state index is 0.0917. The van der Waals surface area contributed by atoms with E-state index in [0.717, 1.165) is 17.2 Å². The number of nitrogens with one attached hydrogen (secondary N) is 1. The van der Waals surface area contributed by atoms with Gasteiger partial charge in [0.25, 0.3) is 5.91 Å². The monoisotopic (exact) mass is 304 g/mol. The van der Waals surface area contributed by atoms with Gasteiger partial charge in [0.2, 0.25) is 0 Å². The number of carbonyl (C=O) groups excluding carboxylic acids is 1. The Balaban J connectivity index is 1.73. The molecule has 0 bridgehead atoms. The Morgan fingerprint density at radius 3 is 2.81 bits per heavy atom. The van der Waals surface area contributed by atoms with E-state index >= 15 is 0 Å². The number of benzene rings is 1. The molecule has 5 heteroatoms. The summed E-state index contributed by atoms with van der Waals surface area (Å²) in [6.07, 6.45) is 0.697. The zero-order valence-corrected chi connectivity index (χ0v) is 13.2. The highest BCUT2D eigenvalue weighted by atomic mass is 32.2. The van der Waals surface area contributed by atoms with E-state index in [4.69, 9.17) is 4.52 Å². The van der Waals surface area contributed by atoms with E-state index < -0.39 is 0 Å². The minimum Gasteiger partial charge on any atom is -0.361 e. The summed E-state index contributed by atoms with van der Waals surface area (Å²) in [6, 6.07) is 10.3. The molecule has 4 nitrogen and oxygen atoms in total. The number of rotatable bonds is 7. The molecular weight excluding hydrogens is 284 g/mol. The molecule has 1 N–H and O–H groups in total. The third-order valence-electron chi connectivity index (χ3n) is 3.14. The van der Waals surface area contributed by atoms with Crippen LogP contribution < -0.4 is 5.32 Å². The number of carbonyl (C=O) groups is 1. The van der Waals surface area contributed by atoms with Crippen LogP contribution in [0.5, 0.6) is 0 Å². The molecule has 0 aliphatic carbocycles. The first-order valence-electron chi connectivity index (χ1n) is 7.07. The van der Waals surface area contributed by atoms with Crippen molar-refractivity contribution in [1.29, 1.82) is 0 Å².